The number of amides is 2. The number of rotatable bonds is 5. The zero-order chi connectivity index (χ0) is 17.8. The number of benzene rings is 1. The lowest BCUT2D eigenvalue weighted by Gasteiger charge is -2.08. The second-order valence-corrected chi connectivity index (χ2v) is 5.78. The summed E-state index contributed by atoms with van der Waals surface area (Å²) in [5.74, 6) is 0.614. The molecular formula is C19H19N3O3. The summed E-state index contributed by atoms with van der Waals surface area (Å²) in [5.41, 5.74) is 2.24. The van der Waals surface area contributed by atoms with Crippen LogP contribution in [0.3, 0.4) is 0 Å². The van der Waals surface area contributed by atoms with Crippen molar-refractivity contribution in [2.75, 3.05) is 6.54 Å². The van der Waals surface area contributed by atoms with Gasteiger partial charge in [-0.25, -0.2) is 0 Å². The van der Waals surface area contributed by atoms with Gasteiger partial charge in [-0.2, -0.15) is 0 Å². The normalized spacial score (nSPS) is 10.6. The number of carbonyl (C=O) groups excluding carboxylic acids is 2. The lowest BCUT2D eigenvalue weighted by atomic mass is 10.1. The molecule has 128 valence electrons. The van der Waals surface area contributed by atoms with E-state index in [0.29, 0.717) is 23.6 Å². The van der Waals surface area contributed by atoms with Crippen molar-refractivity contribution in [1.29, 1.82) is 0 Å². The first kappa shape index (κ1) is 16.7. The molecule has 2 aromatic heterocycles. The van der Waals surface area contributed by atoms with E-state index in [1.165, 1.54) is 0 Å². The van der Waals surface area contributed by atoms with E-state index in [4.69, 9.17) is 4.42 Å². The fourth-order valence-corrected chi connectivity index (χ4v) is 2.68. The summed E-state index contributed by atoms with van der Waals surface area (Å²) in [6, 6.07) is 11.3. The number of aromatic nitrogens is 1. The third-order valence-corrected chi connectivity index (χ3v) is 3.89. The predicted molar refractivity (Wildman–Crippen MR) is 94.1 cm³/mol. The van der Waals surface area contributed by atoms with Gasteiger partial charge >= 0.3 is 0 Å². The first-order valence-electron chi connectivity index (χ1n) is 7.99. The van der Waals surface area contributed by atoms with Gasteiger partial charge in [0.2, 0.25) is 5.91 Å². The van der Waals surface area contributed by atoms with Crippen molar-refractivity contribution in [3.8, 4) is 0 Å². The summed E-state index contributed by atoms with van der Waals surface area (Å²) < 4.78 is 5.32. The Morgan fingerprint density at radius 2 is 1.92 bits per heavy atom. The number of hydrogen-bond donors (Lipinski definition) is 2. The molecule has 6 nitrogen and oxygen atoms in total. The molecule has 6 heteroatoms. The van der Waals surface area contributed by atoms with E-state index >= 15 is 0 Å². The third kappa shape index (κ3) is 3.85. The molecule has 2 heterocycles. The molecule has 0 radical (unpaired) electrons. The molecule has 0 fully saturated rings. The van der Waals surface area contributed by atoms with Crippen LogP contribution in [0, 0.1) is 13.8 Å². The van der Waals surface area contributed by atoms with Crippen molar-refractivity contribution in [3.05, 3.63) is 65.2 Å². The van der Waals surface area contributed by atoms with Gasteiger partial charge in [0, 0.05) is 18.1 Å². The number of fused-ring (bicyclic) bond motifs is 1. The highest BCUT2D eigenvalue weighted by molar-refractivity contribution is 5.97. The lowest BCUT2D eigenvalue weighted by Crippen LogP contribution is -2.36. The van der Waals surface area contributed by atoms with Crippen molar-refractivity contribution in [1.82, 2.24) is 15.6 Å². The standard InChI is InChI=1S/C19H19N3O3/c1-12-9-16(13(2)25-12)19(24)22-11-17(23)21-10-15-6-3-5-14-7-4-8-20-18(14)15/h3-9H,10-11H2,1-2H3,(H,21,23)(H,22,24). The van der Waals surface area contributed by atoms with Crippen molar-refractivity contribution >= 4 is 22.7 Å². The Morgan fingerprint density at radius 1 is 1.12 bits per heavy atom. The van der Waals surface area contributed by atoms with Gasteiger partial charge in [-0.1, -0.05) is 24.3 Å². The fraction of sp³-hybridized carbons (Fsp3) is 0.211. The minimum atomic E-state index is -0.323. The van der Waals surface area contributed by atoms with Gasteiger partial charge < -0.3 is 15.1 Å². The first-order chi connectivity index (χ1) is 12.0. The third-order valence-electron chi connectivity index (χ3n) is 3.89. The van der Waals surface area contributed by atoms with E-state index in [0.717, 1.165) is 16.5 Å². The molecular weight excluding hydrogens is 318 g/mol. The molecule has 3 rings (SSSR count). The predicted octanol–water partition coefficient (Wildman–Crippen LogP) is 2.49. The van der Waals surface area contributed by atoms with E-state index in [9.17, 15) is 9.59 Å². The zero-order valence-electron chi connectivity index (χ0n) is 14.1. The molecule has 0 bridgehead atoms. The number of hydrogen-bond acceptors (Lipinski definition) is 4. The minimum absolute atomic E-state index is 0.0965. The number of nitrogens with zero attached hydrogens (tertiary/aromatic N) is 1. The van der Waals surface area contributed by atoms with E-state index < -0.39 is 0 Å². The molecule has 2 amide bonds. The zero-order valence-corrected chi connectivity index (χ0v) is 14.1. The smallest absolute Gasteiger partial charge is 0.255 e. The molecule has 0 saturated heterocycles. The maximum absolute atomic E-state index is 12.1. The Balaban J connectivity index is 1.56. The number of pyridine rings is 1. The van der Waals surface area contributed by atoms with Crippen LogP contribution in [0.25, 0.3) is 10.9 Å². The molecule has 0 aliphatic carbocycles. The molecule has 0 spiro atoms. The van der Waals surface area contributed by atoms with Crippen LogP contribution in [0.2, 0.25) is 0 Å². The molecule has 25 heavy (non-hydrogen) atoms. The van der Waals surface area contributed by atoms with Crippen molar-refractivity contribution in [2.45, 2.75) is 20.4 Å². The maximum atomic E-state index is 12.1. The summed E-state index contributed by atoms with van der Waals surface area (Å²) >= 11 is 0. The van der Waals surface area contributed by atoms with E-state index in [1.54, 1.807) is 26.1 Å². The number of aryl methyl sites for hydroxylation is 2. The molecule has 3 aromatic rings. The van der Waals surface area contributed by atoms with Crippen LogP contribution >= 0.6 is 0 Å². The minimum Gasteiger partial charge on any atom is -0.466 e. The molecule has 1 aromatic carbocycles. The second-order valence-electron chi connectivity index (χ2n) is 5.78. The van der Waals surface area contributed by atoms with Crippen LogP contribution in [0.4, 0.5) is 0 Å². The van der Waals surface area contributed by atoms with E-state index in [1.807, 2.05) is 30.3 Å². The van der Waals surface area contributed by atoms with Crippen LogP contribution in [-0.2, 0) is 11.3 Å². The highest BCUT2D eigenvalue weighted by Gasteiger charge is 2.14. The summed E-state index contributed by atoms with van der Waals surface area (Å²) in [6.07, 6.45) is 1.73. The highest BCUT2D eigenvalue weighted by atomic mass is 16.3. The topological polar surface area (TPSA) is 84.2 Å². The Bertz CT molecular complexity index is 925. The van der Waals surface area contributed by atoms with Crippen LogP contribution in [0.5, 0.6) is 0 Å². The van der Waals surface area contributed by atoms with Crippen molar-refractivity contribution in [3.63, 3.8) is 0 Å². The summed E-state index contributed by atoms with van der Waals surface area (Å²) in [7, 11) is 0. The Morgan fingerprint density at radius 3 is 2.68 bits per heavy atom. The van der Waals surface area contributed by atoms with Gasteiger partial charge in [-0.3, -0.25) is 14.6 Å². The summed E-state index contributed by atoms with van der Waals surface area (Å²) in [6.45, 7) is 3.75. The van der Waals surface area contributed by atoms with E-state index in [-0.39, 0.29) is 18.4 Å². The van der Waals surface area contributed by atoms with Gasteiger partial charge in [0.25, 0.3) is 5.91 Å². The number of carbonyl (C=O) groups is 2. The molecule has 0 unspecified atom stereocenters. The summed E-state index contributed by atoms with van der Waals surface area (Å²) in [4.78, 5) is 28.4. The van der Waals surface area contributed by atoms with Crippen LogP contribution < -0.4 is 10.6 Å². The maximum Gasteiger partial charge on any atom is 0.255 e. The van der Waals surface area contributed by atoms with Crippen molar-refractivity contribution < 1.29 is 14.0 Å². The summed E-state index contributed by atoms with van der Waals surface area (Å²) in [5, 5.41) is 6.42. The SMILES string of the molecule is Cc1cc(C(=O)NCC(=O)NCc2cccc3cccnc23)c(C)o1. The van der Waals surface area contributed by atoms with Gasteiger partial charge in [0.15, 0.2) is 0 Å². The monoisotopic (exact) mass is 337 g/mol. The van der Waals surface area contributed by atoms with Crippen LogP contribution in [0.1, 0.15) is 27.4 Å². The number of furan rings is 1. The second kappa shape index (κ2) is 7.17. The first-order valence-corrected chi connectivity index (χ1v) is 7.99. The Hall–Kier alpha value is -3.15. The van der Waals surface area contributed by atoms with Gasteiger partial charge in [0.1, 0.15) is 11.5 Å². The average Bonchev–Trinajstić information content (AvgIpc) is 2.96. The number of nitrogens with one attached hydrogen (secondary N) is 2. The van der Waals surface area contributed by atoms with Crippen LogP contribution in [0.15, 0.2) is 47.0 Å². The highest BCUT2D eigenvalue weighted by Crippen LogP contribution is 2.15. The Labute approximate surface area is 145 Å². The number of para-hydroxylation sites is 1. The lowest BCUT2D eigenvalue weighted by molar-refractivity contribution is -0.120. The Kier molecular flexibility index (Phi) is 4.79. The van der Waals surface area contributed by atoms with Crippen LogP contribution in [-0.4, -0.2) is 23.3 Å². The fourth-order valence-electron chi connectivity index (χ4n) is 2.68. The van der Waals surface area contributed by atoms with Gasteiger partial charge in [0.05, 0.1) is 17.6 Å². The van der Waals surface area contributed by atoms with E-state index in [2.05, 4.69) is 15.6 Å². The average molecular weight is 337 g/mol. The molecule has 0 aliphatic rings. The molecule has 0 atom stereocenters. The van der Waals surface area contributed by atoms with Gasteiger partial charge in [-0.15, -0.1) is 0 Å². The quantitative estimate of drug-likeness (QED) is 0.749. The molecule has 0 aliphatic heterocycles. The largest absolute Gasteiger partial charge is 0.466 e. The molecule has 2 N–H and O–H groups in total. The molecule has 0 saturated carbocycles. The van der Waals surface area contributed by atoms with Gasteiger partial charge in [-0.05, 0) is 31.5 Å². The van der Waals surface area contributed by atoms with Crippen molar-refractivity contribution in [2.24, 2.45) is 0 Å².